The molecule has 0 unspecified atom stereocenters. The molecule has 0 bridgehead atoms. The zero-order valence-electron chi connectivity index (χ0n) is 12.0. The van der Waals surface area contributed by atoms with Crippen LogP contribution in [0, 0.1) is 0 Å². The molecule has 2 saturated heterocycles. The first-order chi connectivity index (χ1) is 9.39. The van der Waals surface area contributed by atoms with Crippen molar-refractivity contribution in [2.24, 2.45) is 0 Å². The summed E-state index contributed by atoms with van der Waals surface area (Å²) in [5, 5.41) is 4.29. The second kappa shape index (κ2) is 4.29. The van der Waals surface area contributed by atoms with Gasteiger partial charge in [0.05, 0.1) is 5.54 Å². The molecule has 0 aromatic carbocycles. The van der Waals surface area contributed by atoms with Crippen LogP contribution in [0.15, 0.2) is 6.33 Å². The van der Waals surface area contributed by atoms with E-state index in [4.69, 9.17) is 0 Å². The number of aromatic nitrogens is 3. The summed E-state index contributed by atoms with van der Waals surface area (Å²) in [5.74, 6) is -0.00863. The average Bonchev–Trinajstić information content (AvgIpc) is 2.95. The Kier molecular flexibility index (Phi) is 2.81. The zero-order chi connectivity index (χ0) is 14.5. The molecule has 1 aromatic heterocycles. The first-order valence-corrected chi connectivity index (χ1v) is 6.96. The predicted molar refractivity (Wildman–Crippen MR) is 72.2 cm³/mol. The number of hydrogen-bond acceptors (Lipinski definition) is 4. The van der Waals surface area contributed by atoms with Gasteiger partial charge >= 0.3 is 6.03 Å². The minimum absolute atomic E-state index is 0.185. The molecule has 1 atom stereocenters. The maximum absolute atomic E-state index is 12.4. The first kappa shape index (κ1) is 13.1. The van der Waals surface area contributed by atoms with Crippen LogP contribution in [0.1, 0.15) is 40.0 Å². The van der Waals surface area contributed by atoms with E-state index in [2.05, 4.69) is 10.1 Å². The van der Waals surface area contributed by atoms with Crippen molar-refractivity contribution in [3.63, 3.8) is 0 Å². The monoisotopic (exact) mass is 277 g/mol. The zero-order valence-corrected chi connectivity index (χ0v) is 12.0. The third-order valence-corrected chi connectivity index (χ3v) is 3.81. The van der Waals surface area contributed by atoms with Gasteiger partial charge in [0.15, 0.2) is 0 Å². The summed E-state index contributed by atoms with van der Waals surface area (Å²) in [6.45, 7) is 6.61. The van der Waals surface area contributed by atoms with Gasteiger partial charge in [0.2, 0.25) is 0 Å². The molecule has 3 amide bonds. The molecule has 1 aromatic rings. The lowest BCUT2D eigenvalue weighted by molar-refractivity contribution is -0.120. The first-order valence-electron chi connectivity index (χ1n) is 6.96. The van der Waals surface area contributed by atoms with E-state index in [-0.39, 0.29) is 29.5 Å². The summed E-state index contributed by atoms with van der Waals surface area (Å²) in [6.07, 6.45) is 4.24. The Morgan fingerprint density at radius 1 is 1.25 bits per heavy atom. The number of carbonyl (C=O) groups excluding carboxylic acids is 2. The van der Waals surface area contributed by atoms with Gasteiger partial charge in [0, 0.05) is 6.54 Å². The van der Waals surface area contributed by atoms with Crippen LogP contribution in [-0.2, 0) is 10.3 Å². The van der Waals surface area contributed by atoms with Gasteiger partial charge in [-0.2, -0.15) is 9.88 Å². The number of rotatable bonds is 1. The summed E-state index contributed by atoms with van der Waals surface area (Å²) >= 11 is 0. The van der Waals surface area contributed by atoms with E-state index in [1.807, 2.05) is 20.8 Å². The predicted octanol–water partition coefficient (Wildman–Crippen LogP) is 1.35. The van der Waals surface area contributed by atoms with Crippen molar-refractivity contribution in [2.45, 2.75) is 51.6 Å². The van der Waals surface area contributed by atoms with Gasteiger partial charge in [0.25, 0.3) is 11.9 Å². The number of piperidine rings is 1. The van der Waals surface area contributed by atoms with Gasteiger partial charge in [-0.15, -0.1) is 5.10 Å². The standard InChI is InChI=1S/C13H19N5O2/c1-13(2,3)17-8-14-11(15-17)18-10(19)9-6-4-5-7-16(9)12(18)20/h8-9H,4-7H2,1-3H3/t9-/m1/s1. The molecule has 0 radical (unpaired) electrons. The molecule has 0 spiro atoms. The van der Waals surface area contributed by atoms with Crippen LogP contribution in [0.3, 0.4) is 0 Å². The van der Waals surface area contributed by atoms with E-state index in [1.165, 1.54) is 0 Å². The summed E-state index contributed by atoms with van der Waals surface area (Å²) < 4.78 is 1.67. The number of anilines is 1. The lowest BCUT2D eigenvalue weighted by Gasteiger charge is -2.25. The van der Waals surface area contributed by atoms with Crippen LogP contribution in [0.2, 0.25) is 0 Å². The molecule has 2 fully saturated rings. The maximum Gasteiger partial charge on any atom is 0.334 e. The molecule has 0 aliphatic carbocycles. The van der Waals surface area contributed by atoms with E-state index in [0.29, 0.717) is 6.54 Å². The smallest absolute Gasteiger partial charge is 0.312 e. The summed E-state index contributed by atoms with van der Waals surface area (Å²) in [6, 6.07) is -0.607. The van der Waals surface area contributed by atoms with Gasteiger partial charge in [-0.25, -0.2) is 9.48 Å². The minimum atomic E-state index is -0.321. The quantitative estimate of drug-likeness (QED) is 0.726. The SMILES string of the molecule is CC(C)(C)n1cnc(N2C(=O)[C@H]3CCCCN3C2=O)n1. The van der Waals surface area contributed by atoms with Crippen LogP contribution >= 0.6 is 0 Å². The Bertz CT molecular complexity index is 535. The molecule has 3 heterocycles. The summed E-state index contributed by atoms with van der Waals surface area (Å²) in [5.41, 5.74) is -0.232. The van der Waals surface area contributed by atoms with E-state index in [9.17, 15) is 9.59 Å². The molecule has 2 aliphatic heterocycles. The van der Waals surface area contributed by atoms with Crippen molar-refractivity contribution >= 4 is 17.9 Å². The highest BCUT2D eigenvalue weighted by Gasteiger charge is 2.48. The highest BCUT2D eigenvalue weighted by Crippen LogP contribution is 2.29. The molecule has 0 saturated carbocycles. The van der Waals surface area contributed by atoms with Crippen molar-refractivity contribution in [3.05, 3.63) is 6.33 Å². The number of urea groups is 1. The highest BCUT2D eigenvalue weighted by molar-refractivity contribution is 6.20. The van der Waals surface area contributed by atoms with Gasteiger partial charge < -0.3 is 4.90 Å². The number of fused-ring (bicyclic) bond motifs is 1. The minimum Gasteiger partial charge on any atom is -0.312 e. The van der Waals surface area contributed by atoms with Crippen molar-refractivity contribution in [1.29, 1.82) is 0 Å². The largest absolute Gasteiger partial charge is 0.334 e. The Balaban J connectivity index is 1.92. The van der Waals surface area contributed by atoms with Crippen LogP contribution in [-0.4, -0.2) is 44.2 Å². The van der Waals surface area contributed by atoms with Crippen LogP contribution < -0.4 is 4.90 Å². The van der Waals surface area contributed by atoms with E-state index in [1.54, 1.807) is 15.9 Å². The lowest BCUT2D eigenvalue weighted by atomic mass is 10.0. The van der Waals surface area contributed by atoms with Gasteiger partial charge in [-0.05, 0) is 40.0 Å². The second-order valence-corrected chi connectivity index (χ2v) is 6.32. The Hall–Kier alpha value is -1.92. The molecular formula is C13H19N5O2. The molecule has 2 aliphatic rings. The highest BCUT2D eigenvalue weighted by atomic mass is 16.2. The number of hydrogen-bond donors (Lipinski definition) is 0. The number of imide groups is 1. The van der Waals surface area contributed by atoms with Crippen LogP contribution in [0.25, 0.3) is 0 Å². The van der Waals surface area contributed by atoms with E-state index < -0.39 is 0 Å². The van der Waals surface area contributed by atoms with Crippen molar-refractivity contribution in [3.8, 4) is 0 Å². The van der Waals surface area contributed by atoms with E-state index in [0.717, 1.165) is 24.2 Å². The van der Waals surface area contributed by atoms with Crippen molar-refractivity contribution in [2.75, 3.05) is 11.4 Å². The summed E-state index contributed by atoms with van der Waals surface area (Å²) in [7, 11) is 0. The van der Waals surface area contributed by atoms with Crippen LogP contribution in [0.4, 0.5) is 10.7 Å². The molecule has 3 rings (SSSR count). The number of amides is 3. The lowest BCUT2D eigenvalue weighted by Crippen LogP contribution is -2.39. The topological polar surface area (TPSA) is 71.3 Å². The molecule has 7 heteroatoms. The normalized spacial score (nSPS) is 23.4. The maximum atomic E-state index is 12.4. The molecule has 0 N–H and O–H groups in total. The van der Waals surface area contributed by atoms with Crippen LogP contribution in [0.5, 0.6) is 0 Å². The number of carbonyl (C=O) groups is 2. The fourth-order valence-corrected chi connectivity index (χ4v) is 2.65. The van der Waals surface area contributed by atoms with Crippen molar-refractivity contribution in [1.82, 2.24) is 19.7 Å². The fraction of sp³-hybridized carbons (Fsp3) is 0.692. The van der Waals surface area contributed by atoms with Gasteiger partial charge in [0.1, 0.15) is 12.4 Å². The Morgan fingerprint density at radius 3 is 2.60 bits per heavy atom. The van der Waals surface area contributed by atoms with Gasteiger partial charge in [-0.1, -0.05) is 0 Å². The molecule has 108 valence electrons. The van der Waals surface area contributed by atoms with Crippen molar-refractivity contribution < 1.29 is 9.59 Å². The second-order valence-electron chi connectivity index (χ2n) is 6.32. The average molecular weight is 277 g/mol. The molecular weight excluding hydrogens is 258 g/mol. The number of nitrogens with zero attached hydrogens (tertiary/aromatic N) is 5. The summed E-state index contributed by atoms with van der Waals surface area (Å²) in [4.78, 5) is 31.6. The molecule has 7 nitrogen and oxygen atoms in total. The third kappa shape index (κ3) is 1.88. The fourth-order valence-electron chi connectivity index (χ4n) is 2.65. The van der Waals surface area contributed by atoms with Gasteiger partial charge in [-0.3, -0.25) is 4.79 Å². The Labute approximate surface area is 117 Å². The Morgan fingerprint density at radius 2 is 2.00 bits per heavy atom. The third-order valence-electron chi connectivity index (χ3n) is 3.81. The molecule has 20 heavy (non-hydrogen) atoms. The van der Waals surface area contributed by atoms with E-state index >= 15 is 0 Å².